The van der Waals surface area contributed by atoms with Crippen molar-refractivity contribution in [3.63, 3.8) is 0 Å². The van der Waals surface area contributed by atoms with Crippen LogP contribution in [0.1, 0.15) is 56.6 Å². The summed E-state index contributed by atoms with van der Waals surface area (Å²) in [7, 11) is 0. The zero-order valence-corrected chi connectivity index (χ0v) is 18.7. The van der Waals surface area contributed by atoms with Crippen LogP contribution in [0, 0.1) is 0 Å². The molecule has 3 rings (SSSR count). The van der Waals surface area contributed by atoms with Crippen LogP contribution in [0.4, 0.5) is 0 Å². The first kappa shape index (κ1) is 22.9. The summed E-state index contributed by atoms with van der Waals surface area (Å²) in [6.45, 7) is 6.08. The molecule has 1 fully saturated rings. The van der Waals surface area contributed by atoms with Crippen molar-refractivity contribution in [2.75, 3.05) is 19.7 Å². The third kappa shape index (κ3) is 6.58. The highest BCUT2D eigenvalue weighted by atomic mass is 16.5. The Morgan fingerprint density at radius 2 is 1.71 bits per heavy atom. The van der Waals surface area contributed by atoms with Gasteiger partial charge in [0.05, 0.1) is 12.5 Å². The van der Waals surface area contributed by atoms with Crippen molar-refractivity contribution >= 4 is 11.8 Å². The molecule has 1 aliphatic heterocycles. The summed E-state index contributed by atoms with van der Waals surface area (Å²) in [5, 5.41) is 3.15. The van der Waals surface area contributed by atoms with Gasteiger partial charge in [0.2, 0.25) is 11.8 Å². The number of benzene rings is 2. The lowest BCUT2D eigenvalue weighted by Crippen LogP contribution is -2.47. The van der Waals surface area contributed by atoms with Crippen LogP contribution >= 0.6 is 0 Å². The second kappa shape index (κ2) is 11.5. The van der Waals surface area contributed by atoms with E-state index in [-0.39, 0.29) is 23.8 Å². The molecule has 1 saturated heterocycles. The highest BCUT2D eigenvalue weighted by Gasteiger charge is 2.28. The van der Waals surface area contributed by atoms with E-state index in [2.05, 4.69) is 12.2 Å². The number of hydrogen-bond acceptors (Lipinski definition) is 3. The van der Waals surface area contributed by atoms with Crippen LogP contribution in [0.5, 0.6) is 5.75 Å². The van der Waals surface area contributed by atoms with Gasteiger partial charge in [-0.1, -0.05) is 49.4 Å². The van der Waals surface area contributed by atoms with Crippen molar-refractivity contribution < 1.29 is 14.3 Å². The molecule has 2 amide bonds. The molecule has 5 nitrogen and oxygen atoms in total. The maximum Gasteiger partial charge on any atom is 0.230 e. The second-order valence-electron chi connectivity index (χ2n) is 8.12. The molecule has 0 radical (unpaired) electrons. The smallest absolute Gasteiger partial charge is 0.230 e. The quantitative estimate of drug-likeness (QED) is 0.655. The van der Waals surface area contributed by atoms with E-state index in [4.69, 9.17) is 4.74 Å². The number of likely N-dealkylation sites (tertiary alicyclic amines) is 1. The molecule has 1 unspecified atom stereocenters. The summed E-state index contributed by atoms with van der Waals surface area (Å²) in [4.78, 5) is 27.4. The fraction of sp³-hybridized carbons (Fsp3) is 0.462. The largest absolute Gasteiger partial charge is 0.494 e. The van der Waals surface area contributed by atoms with Crippen LogP contribution in [0.25, 0.3) is 0 Å². The Morgan fingerprint density at radius 1 is 1.03 bits per heavy atom. The lowest BCUT2D eigenvalue weighted by molar-refractivity contribution is -0.134. The normalized spacial score (nSPS) is 15.4. The lowest BCUT2D eigenvalue weighted by Gasteiger charge is -2.34. The van der Waals surface area contributed by atoms with E-state index >= 15 is 0 Å². The number of aryl methyl sites for hydroxylation is 1. The summed E-state index contributed by atoms with van der Waals surface area (Å²) in [6.07, 6.45) is 3.60. The minimum absolute atomic E-state index is 0.0781. The average Bonchev–Trinajstić information content (AvgIpc) is 2.80. The number of carbonyl (C=O) groups excluding carboxylic acids is 2. The van der Waals surface area contributed by atoms with E-state index in [0.717, 1.165) is 36.1 Å². The SMILES string of the molecule is CCOc1ccc(CCC(=O)NC2CCN(C(=O)C(CC)c3ccccc3)CC2)cc1. The molecule has 2 aromatic carbocycles. The van der Waals surface area contributed by atoms with Gasteiger partial charge >= 0.3 is 0 Å². The van der Waals surface area contributed by atoms with Crippen molar-refractivity contribution in [3.8, 4) is 5.75 Å². The van der Waals surface area contributed by atoms with Crippen LogP contribution in [0.3, 0.4) is 0 Å². The van der Waals surface area contributed by atoms with Gasteiger partial charge in [0.25, 0.3) is 0 Å². The summed E-state index contributed by atoms with van der Waals surface area (Å²) < 4.78 is 5.45. The fourth-order valence-corrected chi connectivity index (χ4v) is 4.18. The molecule has 0 saturated carbocycles. The third-order valence-electron chi connectivity index (χ3n) is 5.96. The number of amides is 2. The Bertz CT molecular complexity index is 827. The molecule has 31 heavy (non-hydrogen) atoms. The van der Waals surface area contributed by atoms with Crippen LogP contribution in [0.15, 0.2) is 54.6 Å². The van der Waals surface area contributed by atoms with Crippen LogP contribution in [0.2, 0.25) is 0 Å². The first-order valence-corrected chi connectivity index (χ1v) is 11.5. The third-order valence-corrected chi connectivity index (χ3v) is 5.96. The van der Waals surface area contributed by atoms with Crippen molar-refractivity contribution in [1.82, 2.24) is 10.2 Å². The molecule has 2 aromatic rings. The predicted molar refractivity (Wildman–Crippen MR) is 123 cm³/mol. The fourth-order valence-electron chi connectivity index (χ4n) is 4.18. The zero-order chi connectivity index (χ0) is 22.1. The molecule has 1 N–H and O–H groups in total. The van der Waals surface area contributed by atoms with Crippen LogP contribution < -0.4 is 10.1 Å². The predicted octanol–water partition coefficient (Wildman–Crippen LogP) is 4.32. The maximum atomic E-state index is 13.0. The van der Waals surface area contributed by atoms with Crippen LogP contribution in [-0.2, 0) is 16.0 Å². The lowest BCUT2D eigenvalue weighted by atomic mass is 9.93. The van der Waals surface area contributed by atoms with Gasteiger partial charge in [0.1, 0.15) is 5.75 Å². The maximum absolute atomic E-state index is 13.0. The Morgan fingerprint density at radius 3 is 2.32 bits per heavy atom. The first-order valence-electron chi connectivity index (χ1n) is 11.5. The molecule has 1 atom stereocenters. The van der Waals surface area contributed by atoms with Crippen molar-refractivity contribution in [1.29, 1.82) is 0 Å². The number of hydrogen-bond donors (Lipinski definition) is 1. The van der Waals surface area contributed by atoms with E-state index in [1.807, 2.05) is 66.4 Å². The summed E-state index contributed by atoms with van der Waals surface area (Å²) in [6, 6.07) is 18.1. The molecule has 0 spiro atoms. The van der Waals surface area contributed by atoms with Crippen molar-refractivity contribution in [2.45, 2.75) is 57.9 Å². The molecule has 5 heteroatoms. The van der Waals surface area contributed by atoms with E-state index in [1.54, 1.807) is 0 Å². The molecule has 0 bridgehead atoms. The standard InChI is InChI=1S/C26H34N2O3/c1-3-24(21-8-6-5-7-9-21)26(30)28-18-16-22(17-19-28)27-25(29)15-12-20-10-13-23(14-11-20)31-4-2/h5-11,13-14,22,24H,3-4,12,15-19H2,1-2H3,(H,27,29). The molecule has 166 valence electrons. The summed E-state index contributed by atoms with van der Waals surface area (Å²) >= 11 is 0. The van der Waals surface area contributed by atoms with Gasteiger partial charge in [-0.2, -0.15) is 0 Å². The van der Waals surface area contributed by atoms with E-state index in [0.29, 0.717) is 32.5 Å². The highest BCUT2D eigenvalue weighted by Crippen LogP contribution is 2.24. The topological polar surface area (TPSA) is 58.6 Å². The van der Waals surface area contributed by atoms with E-state index in [9.17, 15) is 9.59 Å². The molecular formula is C26H34N2O3. The Labute approximate surface area is 185 Å². The minimum Gasteiger partial charge on any atom is -0.494 e. The van der Waals surface area contributed by atoms with Gasteiger partial charge in [0.15, 0.2) is 0 Å². The zero-order valence-electron chi connectivity index (χ0n) is 18.7. The monoisotopic (exact) mass is 422 g/mol. The van der Waals surface area contributed by atoms with Gasteiger partial charge in [-0.3, -0.25) is 9.59 Å². The van der Waals surface area contributed by atoms with Gasteiger partial charge in [-0.15, -0.1) is 0 Å². The number of nitrogens with one attached hydrogen (secondary N) is 1. The van der Waals surface area contributed by atoms with Crippen molar-refractivity contribution in [3.05, 3.63) is 65.7 Å². The van der Waals surface area contributed by atoms with Gasteiger partial charge in [-0.05, 0) is 55.9 Å². The number of piperidine rings is 1. The molecular weight excluding hydrogens is 388 g/mol. The van der Waals surface area contributed by atoms with Crippen LogP contribution in [-0.4, -0.2) is 42.5 Å². The van der Waals surface area contributed by atoms with E-state index < -0.39 is 0 Å². The van der Waals surface area contributed by atoms with E-state index in [1.165, 1.54) is 0 Å². The highest BCUT2D eigenvalue weighted by molar-refractivity contribution is 5.84. The van der Waals surface area contributed by atoms with Gasteiger partial charge < -0.3 is 15.0 Å². The molecule has 0 aliphatic carbocycles. The van der Waals surface area contributed by atoms with Crippen molar-refractivity contribution in [2.24, 2.45) is 0 Å². The molecule has 0 aromatic heterocycles. The molecule has 1 aliphatic rings. The average molecular weight is 423 g/mol. The first-order chi connectivity index (χ1) is 15.1. The number of nitrogens with zero attached hydrogens (tertiary/aromatic N) is 1. The Balaban J connectivity index is 1.42. The number of rotatable bonds is 9. The second-order valence-corrected chi connectivity index (χ2v) is 8.12. The van der Waals surface area contributed by atoms with Gasteiger partial charge in [-0.25, -0.2) is 0 Å². The Hall–Kier alpha value is -2.82. The minimum atomic E-state index is -0.0820. The Kier molecular flexibility index (Phi) is 8.51. The number of carbonyl (C=O) groups is 2. The summed E-state index contributed by atoms with van der Waals surface area (Å²) in [5.41, 5.74) is 2.21. The molecule has 1 heterocycles. The number of ether oxygens (including phenoxy) is 1. The van der Waals surface area contributed by atoms with Gasteiger partial charge in [0, 0.05) is 25.6 Å². The summed E-state index contributed by atoms with van der Waals surface area (Å²) in [5.74, 6) is 1.05.